The molecule has 1 aliphatic heterocycles. The van der Waals surface area contributed by atoms with Crippen molar-refractivity contribution in [2.24, 2.45) is 0 Å². The van der Waals surface area contributed by atoms with Gasteiger partial charge in [-0.1, -0.05) is 36.9 Å². The third-order valence-corrected chi connectivity index (χ3v) is 3.73. The quantitative estimate of drug-likeness (QED) is 0.804. The van der Waals surface area contributed by atoms with Crippen molar-refractivity contribution < 1.29 is 9.59 Å². The molecule has 0 saturated carbocycles. The van der Waals surface area contributed by atoms with E-state index >= 15 is 0 Å². The first-order chi connectivity index (χ1) is 8.46. The molecule has 1 aliphatic rings. The zero-order valence-electron chi connectivity index (χ0n) is 9.87. The van der Waals surface area contributed by atoms with Crippen LogP contribution in [0.4, 0.5) is 4.79 Å². The average molecular weight is 265 g/mol. The summed E-state index contributed by atoms with van der Waals surface area (Å²) < 4.78 is 0. The fraction of sp³-hybridized carbons (Fsp3) is 0.231. The molecule has 94 valence electrons. The minimum absolute atomic E-state index is 0.203. The molecule has 0 bridgehead atoms. The molecule has 2 atom stereocenters. The van der Waals surface area contributed by atoms with E-state index in [0.717, 1.165) is 5.56 Å². The summed E-state index contributed by atoms with van der Waals surface area (Å²) in [7, 11) is 0. The van der Waals surface area contributed by atoms with Crippen molar-refractivity contribution in [1.82, 2.24) is 10.6 Å². The number of urea groups is 1. The highest BCUT2D eigenvalue weighted by atomic mass is 35.5. The van der Waals surface area contributed by atoms with Gasteiger partial charge in [0.2, 0.25) is 0 Å². The monoisotopic (exact) mass is 264 g/mol. The Morgan fingerprint density at radius 3 is 2.56 bits per heavy atom. The van der Waals surface area contributed by atoms with Gasteiger partial charge in [-0.05, 0) is 12.5 Å². The number of amides is 2. The summed E-state index contributed by atoms with van der Waals surface area (Å²) in [5.41, 5.74) is 0.966. The summed E-state index contributed by atoms with van der Waals surface area (Å²) in [5, 5.41) is 5.12. The van der Waals surface area contributed by atoms with Gasteiger partial charge in [0.15, 0.2) is 10.7 Å². The summed E-state index contributed by atoms with van der Waals surface area (Å²) >= 11 is 6.40. The van der Waals surface area contributed by atoms with E-state index in [0.29, 0.717) is 0 Å². The predicted molar refractivity (Wildman–Crippen MR) is 69.3 cm³/mol. The molecule has 0 aromatic heterocycles. The van der Waals surface area contributed by atoms with Crippen molar-refractivity contribution in [2.45, 2.75) is 17.8 Å². The first-order valence-corrected chi connectivity index (χ1v) is 5.86. The third-order valence-electron chi connectivity index (χ3n) is 3.02. The van der Waals surface area contributed by atoms with E-state index in [4.69, 9.17) is 11.6 Å². The standard InChI is InChI=1S/C13H13ClN2O2/c1-8-13(14,9(2)17)11(16-12(18)15-8)10-6-4-3-5-7-10/h3-7,11H,1H2,2H3,(H2,15,16,18). The summed E-state index contributed by atoms with van der Waals surface area (Å²) in [6, 6.07) is 8.08. The van der Waals surface area contributed by atoms with Crippen LogP contribution in [0.1, 0.15) is 18.5 Å². The number of ketones is 1. The Bertz CT molecular complexity index is 515. The topological polar surface area (TPSA) is 58.2 Å². The van der Waals surface area contributed by atoms with Gasteiger partial charge in [0.05, 0.1) is 6.04 Å². The zero-order chi connectivity index (χ0) is 13.3. The highest BCUT2D eigenvalue weighted by Gasteiger charge is 2.49. The number of halogens is 1. The van der Waals surface area contributed by atoms with Crippen molar-refractivity contribution in [3.63, 3.8) is 0 Å². The molecule has 5 heteroatoms. The Morgan fingerprint density at radius 2 is 2.00 bits per heavy atom. The first kappa shape index (κ1) is 12.6. The Balaban J connectivity index is 2.50. The Morgan fingerprint density at radius 1 is 1.39 bits per heavy atom. The van der Waals surface area contributed by atoms with Gasteiger partial charge in [-0.15, -0.1) is 11.6 Å². The lowest BCUT2D eigenvalue weighted by Crippen LogP contribution is -2.59. The number of nitrogens with one attached hydrogen (secondary N) is 2. The first-order valence-electron chi connectivity index (χ1n) is 5.48. The normalized spacial score (nSPS) is 27.3. The molecule has 4 nitrogen and oxygen atoms in total. The van der Waals surface area contributed by atoms with Crippen LogP contribution < -0.4 is 10.6 Å². The van der Waals surface area contributed by atoms with Gasteiger partial charge < -0.3 is 10.6 Å². The minimum atomic E-state index is -1.37. The van der Waals surface area contributed by atoms with Crippen LogP contribution >= 0.6 is 11.6 Å². The van der Waals surface area contributed by atoms with Crippen LogP contribution in [0.15, 0.2) is 42.6 Å². The lowest BCUT2D eigenvalue weighted by Gasteiger charge is -2.39. The van der Waals surface area contributed by atoms with Crippen LogP contribution in [0, 0.1) is 0 Å². The van der Waals surface area contributed by atoms with E-state index in [-0.39, 0.29) is 11.5 Å². The Kier molecular flexibility index (Phi) is 3.13. The maximum atomic E-state index is 11.8. The van der Waals surface area contributed by atoms with Crippen molar-refractivity contribution in [2.75, 3.05) is 0 Å². The summed E-state index contributed by atoms with van der Waals surface area (Å²) in [6.45, 7) is 5.07. The van der Waals surface area contributed by atoms with Crippen LogP contribution in [0.25, 0.3) is 0 Å². The van der Waals surface area contributed by atoms with Crippen LogP contribution in [-0.4, -0.2) is 16.7 Å². The maximum absolute atomic E-state index is 11.8. The van der Waals surface area contributed by atoms with E-state index in [1.54, 1.807) is 0 Å². The second-order valence-electron chi connectivity index (χ2n) is 4.19. The van der Waals surface area contributed by atoms with Crippen molar-refractivity contribution >= 4 is 23.4 Å². The number of hydrogen-bond acceptors (Lipinski definition) is 2. The zero-order valence-corrected chi connectivity index (χ0v) is 10.6. The van der Waals surface area contributed by atoms with Gasteiger partial charge >= 0.3 is 6.03 Å². The smallest absolute Gasteiger partial charge is 0.319 e. The third kappa shape index (κ3) is 1.88. The van der Waals surface area contributed by atoms with Gasteiger partial charge in [0.25, 0.3) is 0 Å². The largest absolute Gasteiger partial charge is 0.328 e. The second-order valence-corrected chi connectivity index (χ2v) is 4.78. The molecule has 1 aromatic carbocycles. The van der Waals surface area contributed by atoms with E-state index in [2.05, 4.69) is 17.2 Å². The number of rotatable bonds is 2. The van der Waals surface area contributed by atoms with Gasteiger partial charge in [-0.2, -0.15) is 0 Å². The summed E-state index contributed by atoms with van der Waals surface area (Å²) in [5.74, 6) is -0.268. The van der Waals surface area contributed by atoms with Gasteiger partial charge in [0, 0.05) is 5.70 Å². The predicted octanol–water partition coefficient (Wildman–Crippen LogP) is 2.12. The van der Waals surface area contributed by atoms with Crippen LogP contribution in [0.5, 0.6) is 0 Å². The van der Waals surface area contributed by atoms with E-state index in [1.807, 2.05) is 30.3 Å². The highest BCUT2D eigenvalue weighted by Crippen LogP contribution is 2.39. The number of carbonyl (C=O) groups is 2. The number of carbonyl (C=O) groups excluding carboxylic acids is 2. The molecule has 18 heavy (non-hydrogen) atoms. The molecule has 1 aromatic rings. The van der Waals surface area contributed by atoms with Crippen LogP contribution in [0.2, 0.25) is 0 Å². The van der Waals surface area contributed by atoms with E-state index in [9.17, 15) is 9.59 Å². The SMILES string of the molecule is C=C1NC(=O)NC(c2ccccc2)C1(Cl)C(C)=O. The Labute approximate surface area is 110 Å². The summed E-state index contributed by atoms with van der Waals surface area (Å²) in [4.78, 5) is 22.0. The summed E-state index contributed by atoms with van der Waals surface area (Å²) in [6.07, 6.45) is 0. The molecule has 0 spiro atoms. The number of Topliss-reactive ketones (excluding diaryl/α,β-unsaturated/α-hetero) is 1. The van der Waals surface area contributed by atoms with Crippen LogP contribution in [0.3, 0.4) is 0 Å². The molecule has 1 heterocycles. The Hall–Kier alpha value is -1.81. The van der Waals surface area contributed by atoms with Crippen molar-refractivity contribution in [3.05, 3.63) is 48.2 Å². The maximum Gasteiger partial charge on any atom is 0.319 e. The molecule has 1 saturated heterocycles. The molecule has 0 aliphatic carbocycles. The number of alkyl halides is 1. The van der Waals surface area contributed by atoms with Gasteiger partial charge in [0.1, 0.15) is 0 Å². The van der Waals surface area contributed by atoms with Crippen LogP contribution in [-0.2, 0) is 4.79 Å². The lowest BCUT2D eigenvalue weighted by molar-refractivity contribution is -0.119. The number of hydrogen-bond donors (Lipinski definition) is 2. The molecular weight excluding hydrogens is 252 g/mol. The van der Waals surface area contributed by atoms with Crippen molar-refractivity contribution in [3.8, 4) is 0 Å². The highest BCUT2D eigenvalue weighted by molar-refractivity contribution is 6.38. The van der Waals surface area contributed by atoms with E-state index < -0.39 is 16.9 Å². The number of benzene rings is 1. The molecular formula is C13H13ClN2O2. The molecule has 2 unspecified atom stereocenters. The van der Waals surface area contributed by atoms with Gasteiger partial charge in [-0.25, -0.2) is 4.79 Å². The fourth-order valence-electron chi connectivity index (χ4n) is 2.04. The van der Waals surface area contributed by atoms with Crippen molar-refractivity contribution in [1.29, 1.82) is 0 Å². The lowest BCUT2D eigenvalue weighted by atomic mass is 9.85. The molecule has 2 amide bonds. The van der Waals surface area contributed by atoms with E-state index in [1.165, 1.54) is 6.92 Å². The van der Waals surface area contributed by atoms with Gasteiger partial charge in [-0.3, -0.25) is 4.79 Å². The fourth-order valence-corrected chi connectivity index (χ4v) is 2.27. The molecule has 0 radical (unpaired) electrons. The second kappa shape index (κ2) is 4.46. The molecule has 2 N–H and O–H groups in total. The molecule has 1 fully saturated rings. The average Bonchev–Trinajstić information content (AvgIpc) is 2.34. The molecule has 2 rings (SSSR count). The minimum Gasteiger partial charge on any atom is -0.328 e.